The lowest BCUT2D eigenvalue weighted by Gasteiger charge is -2.49. The molecule has 1 spiro atoms. The van der Waals surface area contributed by atoms with Gasteiger partial charge in [0.05, 0.1) is 12.1 Å². The third-order valence-electron chi connectivity index (χ3n) is 5.98. The highest BCUT2D eigenvalue weighted by atomic mass is 19.1. The van der Waals surface area contributed by atoms with Gasteiger partial charge in [0.2, 0.25) is 0 Å². The molecular formula is C20H26F2N2O2. The van der Waals surface area contributed by atoms with Crippen LogP contribution in [0.4, 0.5) is 8.78 Å². The zero-order valence-corrected chi connectivity index (χ0v) is 15.2. The van der Waals surface area contributed by atoms with Gasteiger partial charge in [-0.15, -0.1) is 0 Å². The Kier molecular flexibility index (Phi) is 4.73. The van der Waals surface area contributed by atoms with Crippen LogP contribution in [-0.2, 0) is 16.0 Å². The SMILES string of the molecule is C[C@H]1OC2(CCN(CCc3cc(F)ccc3F)CC2)CN(C2CC2)C1=O. The summed E-state index contributed by atoms with van der Waals surface area (Å²) in [4.78, 5) is 16.7. The summed E-state index contributed by atoms with van der Waals surface area (Å²) in [7, 11) is 0. The lowest BCUT2D eigenvalue weighted by Crippen LogP contribution is -2.61. The molecule has 0 N–H and O–H groups in total. The van der Waals surface area contributed by atoms with E-state index in [0.717, 1.165) is 44.8 Å². The van der Waals surface area contributed by atoms with Gasteiger partial charge in [0.1, 0.15) is 17.7 Å². The lowest BCUT2D eigenvalue weighted by atomic mass is 9.88. The van der Waals surface area contributed by atoms with Gasteiger partial charge in [-0.3, -0.25) is 4.79 Å². The number of amides is 1. The molecule has 0 radical (unpaired) electrons. The van der Waals surface area contributed by atoms with E-state index in [-0.39, 0.29) is 23.4 Å². The van der Waals surface area contributed by atoms with Crippen LogP contribution in [0.25, 0.3) is 0 Å². The van der Waals surface area contributed by atoms with Gasteiger partial charge in [0.15, 0.2) is 0 Å². The van der Waals surface area contributed by atoms with Crippen LogP contribution in [0.2, 0.25) is 0 Å². The molecule has 3 fully saturated rings. The summed E-state index contributed by atoms with van der Waals surface area (Å²) < 4.78 is 33.2. The van der Waals surface area contributed by atoms with Crippen molar-refractivity contribution in [1.82, 2.24) is 9.80 Å². The Balaban J connectivity index is 1.33. The van der Waals surface area contributed by atoms with E-state index in [1.54, 1.807) is 0 Å². The molecule has 3 aliphatic rings. The number of hydrogen-bond acceptors (Lipinski definition) is 3. The molecule has 26 heavy (non-hydrogen) atoms. The van der Waals surface area contributed by atoms with E-state index in [4.69, 9.17) is 4.74 Å². The molecular weight excluding hydrogens is 338 g/mol. The summed E-state index contributed by atoms with van der Waals surface area (Å²) in [5.74, 6) is -0.613. The number of morpholine rings is 1. The van der Waals surface area contributed by atoms with Crippen LogP contribution in [-0.4, -0.2) is 59.6 Å². The molecule has 6 heteroatoms. The summed E-state index contributed by atoms with van der Waals surface area (Å²) in [6.07, 6.45) is 4.11. The van der Waals surface area contributed by atoms with E-state index in [1.807, 2.05) is 11.8 Å². The molecule has 1 aliphatic carbocycles. The van der Waals surface area contributed by atoms with Gasteiger partial charge < -0.3 is 14.5 Å². The van der Waals surface area contributed by atoms with E-state index in [0.29, 0.717) is 31.1 Å². The van der Waals surface area contributed by atoms with E-state index < -0.39 is 5.82 Å². The maximum Gasteiger partial charge on any atom is 0.251 e. The van der Waals surface area contributed by atoms with Gasteiger partial charge in [0, 0.05) is 25.7 Å². The Hall–Kier alpha value is -1.53. The van der Waals surface area contributed by atoms with Gasteiger partial charge in [-0.25, -0.2) is 8.78 Å². The van der Waals surface area contributed by atoms with Crippen molar-refractivity contribution in [3.63, 3.8) is 0 Å². The van der Waals surface area contributed by atoms with Gasteiger partial charge in [0.25, 0.3) is 5.91 Å². The van der Waals surface area contributed by atoms with Crippen LogP contribution >= 0.6 is 0 Å². The van der Waals surface area contributed by atoms with E-state index in [1.165, 1.54) is 12.1 Å². The van der Waals surface area contributed by atoms with Crippen molar-refractivity contribution in [3.8, 4) is 0 Å². The van der Waals surface area contributed by atoms with E-state index in [2.05, 4.69) is 4.90 Å². The fourth-order valence-corrected chi connectivity index (χ4v) is 4.25. The zero-order valence-electron chi connectivity index (χ0n) is 15.2. The first-order valence-electron chi connectivity index (χ1n) is 9.60. The minimum atomic E-state index is -0.395. The number of hydrogen-bond donors (Lipinski definition) is 0. The number of piperidine rings is 1. The first-order chi connectivity index (χ1) is 12.5. The molecule has 4 rings (SSSR count). The molecule has 1 aromatic carbocycles. The Labute approximate surface area is 153 Å². The van der Waals surface area contributed by atoms with Gasteiger partial charge in [-0.2, -0.15) is 0 Å². The third kappa shape index (κ3) is 3.62. The topological polar surface area (TPSA) is 32.8 Å². The van der Waals surface area contributed by atoms with Crippen molar-refractivity contribution < 1.29 is 18.3 Å². The monoisotopic (exact) mass is 364 g/mol. The molecule has 1 saturated carbocycles. The van der Waals surface area contributed by atoms with Crippen LogP contribution in [0.3, 0.4) is 0 Å². The van der Waals surface area contributed by atoms with Crippen molar-refractivity contribution >= 4 is 5.91 Å². The Bertz CT molecular complexity index is 684. The first-order valence-corrected chi connectivity index (χ1v) is 9.60. The maximum absolute atomic E-state index is 13.8. The number of carbonyl (C=O) groups excluding carboxylic acids is 1. The standard InChI is InChI=1S/C20H26F2N2O2/c1-14-19(25)24(17-3-4-17)13-20(26-14)7-10-23(11-8-20)9-6-15-12-16(21)2-5-18(15)22/h2,5,12,14,17H,3-4,6-11,13H2,1H3/t14-/m1/s1. The van der Waals surface area contributed by atoms with Crippen LogP contribution in [0.1, 0.15) is 38.2 Å². The highest BCUT2D eigenvalue weighted by molar-refractivity contribution is 5.82. The predicted molar refractivity (Wildman–Crippen MR) is 93.7 cm³/mol. The summed E-state index contributed by atoms with van der Waals surface area (Å²) >= 11 is 0. The second-order valence-corrected chi connectivity index (χ2v) is 7.97. The van der Waals surface area contributed by atoms with Crippen LogP contribution in [0.5, 0.6) is 0 Å². The summed E-state index contributed by atoms with van der Waals surface area (Å²) in [5, 5.41) is 0. The number of rotatable bonds is 4. The largest absolute Gasteiger partial charge is 0.360 e. The molecule has 0 unspecified atom stereocenters. The number of nitrogens with zero attached hydrogens (tertiary/aromatic N) is 2. The molecule has 2 saturated heterocycles. The number of ether oxygens (including phenoxy) is 1. The zero-order chi connectivity index (χ0) is 18.3. The van der Waals surface area contributed by atoms with Crippen molar-refractivity contribution in [3.05, 3.63) is 35.4 Å². The lowest BCUT2D eigenvalue weighted by molar-refractivity contribution is -0.190. The molecule has 0 aromatic heterocycles. The van der Waals surface area contributed by atoms with Crippen molar-refractivity contribution in [2.45, 2.75) is 56.8 Å². The average molecular weight is 364 g/mol. The average Bonchev–Trinajstić information content (AvgIpc) is 3.45. The molecule has 142 valence electrons. The number of likely N-dealkylation sites (tertiary alicyclic amines) is 1. The summed E-state index contributed by atoms with van der Waals surface area (Å²) in [6.45, 7) is 4.98. The number of carbonyl (C=O) groups is 1. The Morgan fingerprint density at radius 1 is 1.23 bits per heavy atom. The second-order valence-electron chi connectivity index (χ2n) is 7.97. The van der Waals surface area contributed by atoms with Crippen LogP contribution in [0, 0.1) is 11.6 Å². The van der Waals surface area contributed by atoms with Gasteiger partial charge >= 0.3 is 0 Å². The fraction of sp³-hybridized carbons (Fsp3) is 0.650. The molecule has 4 nitrogen and oxygen atoms in total. The molecule has 2 aliphatic heterocycles. The first kappa shape index (κ1) is 17.9. The van der Waals surface area contributed by atoms with Crippen molar-refractivity contribution in [2.24, 2.45) is 0 Å². The van der Waals surface area contributed by atoms with E-state index in [9.17, 15) is 13.6 Å². The number of benzene rings is 1. The maximum atomic E-state index is 13.8. The summed E-state index contributed by atoms with van der Waals surface area (Å²) in [6, 6.07) is 4.04. The molecule has 1 amide bonds. The molecule has 1 atom stereocenters. The Morgan fingerprint density at radius 3 is 2.65 bits per heavy atom. The van der Waals surface area contributed by atoms with Gasteiger partial charge in [-0.1, -0.05) is 0 Å². The van der Waals surface area contributed by atoms with Crippen LogP contribution < -0.4 is 0 Å². The normalized spacial score (nSPS) is 26.5. The molecule has 1 aromatic rings. The minimum Gasteiger partial charge on any atom is -0.360 e. The Morgan fingerprint density at radius 2 is 1.96 bits per heavy atom. The summed E-state index contributed by atoms with van der Waals surface area (Å²) in [5.41, 5.74) is 0.189. The quantitative estimate of drug-likeness (QED) is 0.824. The third-order valence-corrected chi connectivity index (χ3v) is 5.98. The number of halogens is 2. The van der Waals surface area contributed by atoms with Gasteiger partial charge in [-0.05, 0) is 62.8 Å². The fourth-order valence-electron chi connectivity index (χ4n) is 4.25. The second kappa shape index (κ2) is 6.89. The minimum absolute atomic E-state index is 0.127. The van der Waals surface area contributed by atoms with Crippen LogP contribution in [0.15, 0.2) is 18.2 Å². The highest BCUT2D eigenvalue weighted by Gasteiger charge is 2.48. The predicted octanol–water partition coefficient (Wildman–Crippen LogP) is 2.75. The molecule has 0 bridgehead atoms. The smallest absolute Gasteiger partial charge is 0.251 e. The van der Waals surface area contributed by atoms with Crippen molar-refractivity contribution in [1.29, 1.82) is 0 Å². The van der Waals surface area contributed by atoms with E-state index >= 15 is 0 Å². The molecule has 2 heterocycles. The van der Waals surface area contributed by atoms with Crippen molar-refractivity contribution in [2.75, 3.05) is 26.2 Å². The highest BCUT2D eigenvalue weighted by Crippen LogP contribution is 2.38.